The fourth-order valence-corrected chi connectivity index (χ4v) is 2.33. The van der Waals surface area contributed by atoms with E-state index in [2.05, 4.69) is 15.9 Å². The summed E-state index contributed by atoms with van der Waals surface area (Å²) in [6, 6.07) is 10.9. The number of benzene rings is 2. The Hall–Kier alpha value is -1.88. The summed E-state index contributed by atoms with van der Waals surface area (Å²) >= 11 is 3.35. The molecule has 0 unspecified atom stereocenters. The molecule has 0 spiro atoms. The van der Waals surface area contributed by atoms with Crippen LogP contribution in [0.1, 0.15) is 17.3 Å². The Morgan fingerprint density at radius 3 is 2.50 bits per heavy atom. The van der Waals surface area contributed by atoms with Crippen molar-refractivity contribution in [3.8, 4) is 0 Å². The molecule has 0 aliphatic rings. The van der Waals surface area contributed by atoms with Crippen LogP contribution in [0.2, 0.25) is 0 Å². The summed E-state index contributed by atoms with van der Waals surface area (Å²) in [6.45, 7) is 2.34. The Bertz CT molecular complexity index is 628. The van der Waals surface area contributed by atoms with E-state index >= 15 is 0 Å². The molecule has 0 radical (unpaired) electrons. The van der Waals surface area contributed by atoms with Crippen molar-refractivity contribution in [2.75, 3.05) is 17.2 Å². The van der Waals surface area contributed by atoms with E-state index in [0.717, 1.165) is 0 Å². The van der Waals surface area contributed by atoms with Crippen molar-refractivity contribution in [2.24, 2.45) is 0 Å². The summed E-state index contributed by atoms with van der Waals surface area (Å²) < 4.78 is 13.6. The van der Waals surface area contributed by atoms with Crippen LogP contribution in [0.5, 0.6) is 0 Å². The fraction of sp³-hybridized carbons (Fsp3) is 0.133. The summed E-state index contributed by atoms with van der Waals surface area (Å²) in [4.78, 5) is 14.1. The van der Waals surface area contributed by atoms with Crippen LogP contribution in [0.3, 0.4) is 0 Å². The molecule has 2 rings (SSSR count). The maximum absolute atomic E-state index is 13.0. The van der Waals surface area contributed by atoms with E-state index in [1.54, 1.807) is 35.2 Å². The molecule has 2 N–H and O–H groups in total. The normalized spacial score (nSPS) is 10.3. The van der Waals surface area contributed by atoms with Crippen LogP contribution in [0, 0.1) is 5.82 Å². The summed E-state index contributed by atoms with van der Waals surface area (Å²) in [5.41, 5.74) is 7.37. The molecular weight excluding hydrogens is 323 g/mol. The molecule has 20 heavy (non-hydrogen) atoms. The van der Waals surface area contributed by atoms with Gasteiger partial charge < -0.3 is 10.6 Å². The molecule has 0 heterocycles. The van der Waals surface area contributed by atoms with Crippen molar-refractivity contribution in [2.45, 2.75) is 6.92 Å². The second-order valence-corrected chi connectivity index (χ2v) is 5.12. The van der Waals surface area contributed by atoms with Crippen LogP contribution < -0.4 is 10.6 Å². The minimum absolute atomic E-state index is 0.182. The number of nitrogens with two attached hydrogens (primary N) is 1. The molecule has 5 heteroatoms. The third-order valence-corrected chi connectivity index (χ3v) is 3.61. The van der Waals surface area contributed by atoms with Crippen molar-refractivity contribution >= 4 is 33.2 Å². The van der Waals surface area contributed by atoms with Crippen LogP contribution >= 0.6 is 15.9 Å². The number of halogens is 2. The van der Waals surface area contributed by atoms with E-state index < -0.39 is 0 Å². The number of anilines is 2. The van der Waals surface area contributed by atoms with Crippen molar-refractivity contribution in [1.29, 1.82) is 0 Å². The number of rotatable bonds is 3. The summed E-state index contributed by atoms with van der Waals surface area (Å²) in [7, 11) is 0. The van der Waals surface area contributed by atoms with Gasteiger partial charge in [-0.1, -0.05) is 0 Å². The monoisotopic (exact) mass is 336 g/mol. The van der Waals surface area contributed by atoms with Crippen LogP contribution in [0.4, 0.5) is 15.8 Å². The van der Waals surface area contributed by atoms with Gasteiger partial charge in [-0.15, -0.1) is 0 Å². The maximum atomic E-state index is 13.0. The highest BCUT2D eigenvalue weighted by atomic mass is 79.9. The predicted molar refractivity (Wildman–Crippen MR) is 82.3 cm³/mol. The van der Waals surface area contributed by atoms with E-state index in [-0.39, 0.29) is 11.7 Å². The third-order valence-electron chi connectivity index (χ3n) is 2.92. The molecule has 0 bridgehead atoms. The number of nitrogen functional groups attached to an aromatic ring is 1. The lowest BCUT2D eigenvalue weighted by atomic mass is 10.1. The topological polar surface area (TPSA) is 46.3 Å². The Balaban J connectivity index is 2.38. The summed E-state index contributed by atoms with van der Waals surface area (Å²) in [5, 5.41) is 0. The van der Waals surface area contributed by atoms with Gasteiger partial charge >= 0.3 is 0 Å². The Kier molecular flexibility index (Phi) is 4.39. The average Bonchev–Trinajstić information content (AvgIpc) is 2.44. The van der Waals surface area contributed by atoms with Crippen molar-refractivity contribution in [3.05, 3.63) is 58.3 Å². The third kappa shape index (κ3) is 2.99. The molecule has 0 aliphatic carbocycles. The van der Waals surface area contributed by atoms with E-state index in [4.69, 9.17) is 5.73 Å². The van der Waals surface area contributed by atoms with Gasteiger partial charge in [-0.2, -0.15) is 0 Å². The number of carbonyl (C=O) groups is 1. The molecule has 0 fully saturated rings. The standard InChI is InChI=1S/C15H14BrFN2O/c1-2-19(12-6-3-10(17)4-7-12)15(20)13-9-11(18)5-8-14(13)16/h3-9H,2,18H2,1H3. The first-order chi connectivity index (χ1) is 9.52. The Morgan fingerprint density at radius 2 is 1.90 bits per heavy atom. The minimum atomic E-state index is -0.331. The van der Waals surface area contributed by atoms with Crippen LogP contribution in [0.25, 0.3) is 0 Å². The van der Waals surface area contributed by atoms with Gasteiger partial charge in [0.25, 0.3) is 5.91 Å². The molecule has 0 aliphatic heterocycles. The average molecular weight is 337 g/mol. The van der Waals surface area contributed by atoms with Crippen molar-refractivity contribution in [3.63, 3.8) is 0 Å². The summed E-state index contributed by atoms with van der Waals surface area (Å²) in [6.07, 6.45) is 0. The zero-order valence-electron chi connectivity index (χ0n) is 10.9. The molecular formula is C15H14BrFN2O. The number of nitrogens with zero attached hydrogens (tertiary/aromatic N) is 1. The highest BCUT2D eigenvalue weighted by molar-refractivity contribution is 9.10. The van der Waals surface area contributed by atoms with E-state index in [1.807, 2.05) is 6.92 Å². The second kappa shape index (κ2) is 6.05. The maximum Gasteiger partial charge on any atom is 0.259 e. The van der Waals surface area contributed by atoms with E-state index in [1.165, 1.54) is 12.1 Å². The first-order valence-corrected chi connectivity index (χ1v) is 6.94. The zero-order chi connectivity index (χ0) is 14.7. The van der Waals surface area contributed by atoms with E-state index in [9.17, 15) is 9.18 Å². The van der Waals surface area contributed by atoms with Crippen molar-refractivity contribution < 1.29 is 9.18 Å². The van der Waals surface area contributed by atoms with Gasteiger partial charge in [-0.25, -0.2) is 4.39 Å². The lowest BCUT2D eigenvalue weighted by Gasteiger charge is -2.22. The fourth-order valence-electron chi connectivity index (χ4n) is 1.92. The molecule has 104 valence electrons. The van der Waals surface area contributed by atoms with Gasteiger partial charge in [0.05, 0.1) is 5.56 Å². The quantitative estimate of drug-likeness (QED) is 0.865. The molecule has 3 nitrogen and oxygen atoms in total. The van der Waals surface area contributed by atoms with Crippen LogP contribution in [-0.4, -0.2) is 12.5 Å². The van der Waals surface area contributed by atoms with Crippen molar-refractivity contribution in [1.82, 2.24) is 0 Å². The zero-order valence-corrected chi connectivity index (χ0v) is 12.5. The lowest BCUT2D eigenvalue weighted by Crippen LogP contribution is -2.30. The number of hydrogen-bond donors (Lipinski definition) is 1. The number of amides is 1. The lowest BCUT2D eigenvalue weighted by molar-refractivity contribution is 0.0987. The van der Waals surface area contributed by atoms with Gasteiger partial charge in [0, 0.05) is 22.4 Å². The van der Waals surface area contributed by atoms with Gasteiger partial charge in [-0.3, -0.25) is 4.79 Å². The SMILES string of the molecule is CCN(C(=O)c1cc(N)ccc1Br)c1ccc(F)cc1. The molecule has 2 aromatic rings. The highest BCUT2D eigenvalue weighted by Gasteiger charge is 2.18. The predicted octanol–water partition coefficient (Wildman–Crippen LogP) is 3.84. The first-order valence-electron chi connectivity index (χ1n) is 6.15. The molecule has 0 saturated carbocycles. The number of hydrogen-bond acceptors (Lipinski definition) is 2. The Labute approximate surface area is 125 Å². The first kappa shape index (κ1) is 14.5. The summed E-state index contributed by atoms with van der Waals surface area (Å²) in [5.74, 6) is -0.513. The molecule has 0 saturated heterocycles. The smallest absolute Gasteiger partial charge is 0.259 e. The van der Waals surface area contributed by atoms with Gasteiger partial charge in [0.1, 0.15) is 5.82 Å². The molecule has 1 amide bonds. The van der Waals surface area contributed by atoms with Gasteiger partial charge in [0.15, 0.2) is 0 Å². The Morgan fingerprint density at radius 1 is 1.25 bits per heavy atom. The minimum Gasteiger partial charge on any atom is -0.399 e. The van der Waals surface area contributed by atoms with Gasteiger partial charge in [0.2, 0.25) is 0 Å². The van der Waals surface area contributed by atoms with E-state index in [0.29, 0.717) is 28.0 Å². The molecule has 2 aromatic carbocycles. The second-order valence-electron chi connectivity index (χ2n) is 4.27. The largest absolute Gasteiger partial charge is 0.399 e. The van der Waals surface area contributed by atoms with Crippen LogP contribution in [-0.2, 0) is 0 Å². The van der Waals surface area contributed by atoms with Crippen LogP contribution in [0.15, 0.2) is 46.9 Å². The molecule has 0 aromatic heterocycles. The number of carbonyl (C=O) groups excluding carboxylic acids is 1. The molecule has 0 atom stereocenters. The highest BCUT2D eigenvalue weighted by Crippen LogP contribution is 2.24. The van der Waals surface area contributed by atoms with Gasteiger partial charge in [-0.05, 0) is 65.3 Å².